The summed E-state index contributed by atoms with van der Waals surface area (Å²) in [6.45, 7) is 1.85. The quantitative estimate of drug-likeness (QED) is 0.250. The molecule has 5 rings (SSSR count). The van der Waals surface area contributed by atoms with E-state index in [4.69, 9.17) is 11.6 Å². The number of nitrogens with zero attached hydrogens (tertiary/aromatic N) is 1. The monoisotopic (exact) mass is 495 g/mol. The van der Waals surface area contributed by atoms with E-state index in [0.29, 0.717) is 10.7 Å². The van der Waals surface area contributed by atoms with Gasteiger partial charge in [-0.2, -0.15) is 0 Å². The molecule has 0 unspecified atom stereocenters. The molecule has 9 heteroatoms. The Morgan fingerprint density at radius 2 is 1.94 bits per heavy atom. The zero-order chi connectivity index (χ0) is 24.0. The Morgan fingerprint density at radius 1 is 1.12 bits per heavy atom. The second-order valence-corrected chi connectivity index (χ2v) is 10.7. The van der Waals surface area contributed by atoms with Crippen LogP contribution in [-0.2, 0) is 10.0 Å². The van der Waals surface area contributed by atoms with Gasteiger partial charge < -0.3 is 5.32 Å². The summed E-state index contributed by atoms with van der Waals surface area (Å²) in [5.41, 5.74) is 3.87. The molecule has 3 atom stereocenters. The summed E-state index contributed by atoms with van der Waals surface area (Å²) in [4.78, 5) is 11.0. The minimum atomic E-state index is -3.82. The van der Waals surface area contributed by atoms with Gasteiger partial charge in [-0.3, -0.25) is 14.8 Å². The Bertz CT molecular complexity index is 1440. The Morgan fingerprint density at radius 3 is 2.71 bits per heavy atom. The predicted octanol–water partition coefficient (Wildman–Crippen LogP) is 6.18. The highest BCUT2D eigenvalue weighted by Gasteiger charge is 2.38. The summed E-state index contributed by atoms with van der Waals surface area (Å²) in [6.07, 6.45) is 4.98. The molecule has 34 heavy (non-hydrogen) atoms. The molecule has 2 aliphatic rings. The van der Waals surface area contributed by atoms with E-state index in [0.717, 1.165) is 28.8 Å². The van der Waals surface area contributed by atoms with Crippen LogP contribution >= 0.6 is 11.6 Å². The van der Waals surface area contributed by atoms with E-state index in [1.165, 1.54) is 6.07 Å². The van der Waals surface area contributed by atoms with Crippen molar-refractivity contribution in [2.75, 3.05) is 10.0 Å². The Labute approximate surface area is 202 Å². The summed E-state index contributed by atoms with van der Waals surface area (Å²) >= 11 is 6.15. The first-order valence-corrected chi connectivity index (χ1v) is 12.7. The standard InChI is InChI=1S/C25H22ClN3O4S/c1-15-8-9-17(13-23(15)26)28-34(32,33)19-10-11-24-22(14-19)20-6-3-7-21(20)25(27-24)16-4-2-5-18(12-16)29(30)31/h2-6,8-14,20-21,25,27-28H,7H2,1H3/t20-,21+,25+/m0/s1. The molecule has 0 spiro atoms. The third-order valence-electron chi connectivity index (χ3n) is 6.51. The van der Waals surface area contributed by atoms with Crippen molar-refractivity contribution in [3.63, 3.8) is 0 Å². The van der Waals surface area contributed by atoms with Crippen molar-refractivity contribution < 1.29 is 13.3 Å². The molecule has 1 heterocycles. The van der Waals surface area contributed by atoms with Crippen LogP contribution < -0.4 is 10.0 Å². The van der Waals surface area contributed by atoms with Crippen LogP contribution in [0.4, 0.5) is 17.1 Å². The number of non-ortho nitro benzene ring substituents is 1. The molecule has 0 fully saturated rings. The van der Waals surface area contributed by atoms with E-state index < -0.39 is 14.9 Å². The fourth-order valence-corrected chi connectivity index (χ4v) is 6.04. The van der Waals surface area contributed by atoms with E-state index in [2.05, 4.69) is 22.2 Å². The lowest BCUT2D eigenvalue weighted by Gasteiger charge is -2.37. The molecule has 1 aliphatic carbocycles. The van der Waals surface area contributed by atoms with Crippen LogP contribution in [0.25, 0.3) is 0 Å². The van der Waals surface area contributed by atoms with Crippen LogP contribution in [0.3, 0.4) is 0 Å². The highest BCUT2D eigenvalue weighted by Crippen LogP contribution is 2.50. The van der Waals surface area contributed by atoms with Gasteiger partial charge in [0, 0.05) is 28.8 Å². The molecular formula is C25H22ClN3O4S. The van der Waals surface area contributed by atoms with Gasteiger partial charge in [-0.25, -0.2) is 8.42 Å². The van der Waals surface area contributed by atoms with E-state index in [-0.39, 0.29) is 28.5 Å². The van der Waals surface area contributed by atoms with Crippen LogP contribution in [0.1, 0.15) is 35.1 Å². The Hall–Kier alpha value is -3.36. The van der Waals surface area contributed by atoms with Gasteiger partial charge >= 0.3 is 0 Å². The molecule has 0 saturated carbocycles. The summed E-state index contributed by atoms with van der Waals surface area (Å²) in [5.74, 6) is 0.126. The molecule has 0 radical (unpaired) electrons. The number of halogens is 1. The lowest BCUT2D eigenvalue weighted by molar-refractivity contribution is -0.384. The number of aryl methyl sites for hydroxylation is 1. The highest BCUT2D eigenvalue weighted by atomic mass is 35.5. The van der Waals surface area contributed by atoms with Crippen LogP contribution in [0.5, 0.6) is 0 Å². The minimum Gasteiger partial charge on any atom is -0.378 e. The first-order valence-electron chi connectivity index (χ1n) is 10.8. The van der Waals surface area contributed by atoms with Crippen molar-refractivity contribution in [3.8, 4) is 0 Å². The molecule has 1 aliphatic heterocycles. The van der Waals surface area contributed by atoms with Crippen molar-refractivity contribution in [2.24, 2.45) is 5.92 Å². The van der Waals surface area contributed by atoms with Crippen molar-refractivity contribution in [1.82, 2.24) is 0 Å². The summed E-state index contributed by atoms with van der Waals surface area (Å²) < 4.78 is 28.8. The average molecular weight is 496 g/mol. The maximum atomic E-state index is 13.1. The molecule has 0 aromatic heterocycles. The van der Waals surface area contributed by atoms with Crippen molar-refractivity contribution in [1.29, 1.82) is 0 Å². The smallest absolute Gasteiger partial charge is 0.269 e. The second-order valence-electron chi connectivity index (χ2n) is 8.65. The maximum Gasteiger partial charge on any atom is 0.269 e. The Kier molecular flexibility index (Phi) is 5.58. The lowest BCUT2D eigenvalue weighted by atomic mass is 9.77. The lowest BCUT2D eigenvalue weighted by Crippen LogP contribution is -2.29. The first kappa shape index (κ1) is 22.4. The SMILES string of the molecule is Cc1ccc(NS(=O)(=O)c2ccc3c(c2)[C@H]2C=CC[C@H]2[C@@H](c2cccc([N+](=O)[O-])c2)N3)cc1Cl. The van der Waals surface area contributed by atoms with Crippen LogP contribution in [0.2, 0.25) is 5.02 Å². The number of nitrogens with one attached hydrogen (secondary N) is 2. The number of hydrogen-bond acceptors (Lipinski definition) is 5. The van der Waals surface area contributed by atoms with Gasteiger partial charge in [-0.05, 0) is 66.3 Å². The van der Waals surface area contributed by atoms with Crippen LogP contribution in [-0.4, -0.2) is 13.3 Å². The number of nitro groups is 1. The third kappa shape index (κ3) is 4.03. The van der Waals surface area contributed by atoms with Crippen molar-refractivity contribution in [3.05, 3.63) is 105 Å². The normalized spacial score (nSPS) is 20.8. The zero-order valence-corrected chi connectivity index (χ0v) is 19.8. The van der Waals surface area contributed by atoms with Gasteiger partial charge in [-0.1, -0.05) is 42.0 Å². The number of fused-ring (bicyclic) bond motifs is 3. The topological polar surface area (TPSA) is 101 Å². The molecule has 7 nitrogen and oxygen atoms in total. The predicted molar refractivity (Wildman–Crippen MR) is 133 cm³/mol. The van der Waals surface area contributed by atoms with Gasteiger partial charge in [0.2, 0.25) is 0 Å². The van der Waals surface area contributed by atoms with Gasteiger partial charge in [0.15, 0.2) is 0 Å². The van der Waals surface area contributed by atoms with Gasteiger partial charge in [0.25, 0.3) is 15.7 Å². The zero-order valence-electron chi connectivity index (χ0n) is 18.2. The van der Waals surface area contributed by atoms with E-state index >= 15 is 0 Å². The van der Waals surface area contributed by atoms with Crippen molar-refractivity contribution >= 4 is 38.7 Å². The number of anilines is 2. The molecular weight excluding hydrogens is 474 g/mol. The summed E-state index contributed by atoms with van der Waals surface area (Å²) in [5, 5.41) is 15.2. The molecule has 0 bridgehead atoms. The number of rotatable bonds is 5. The summed E-state index contributed by atoms with van der Waals surface area (Å²) in [6, 6.07) is 16.6. The van der Waals surface area contributed by atoms with E-state index in [1.54, 1.807) is 48.5 Å². The first-order chi connectivity index (χ1) is 16.2. The van der Waals surface area contributed by atoms with E-state index in [1.807, 2.05) is 13.0 Å². The third-order valence-corrected chi connectivity index (χ3v) is 8.29. The fourth-order valence-electron chi connectivity index (χ4n) is 4.77. The largest absolute Gasteiger partial charge is 0.378 e. The van der Waals surface area contributed by atoms with Crippen LogP contribution in [0.15, 0.2) is 77.7 Å². The van der Waals surface area contributed by atoms with Gasteiger partial charge in [0.1, 0.15) is 0 Å². The molecule has 3 aromatic rings. The number of hydrogen-bond donors (Lipinski definition) is 2. The summed E-state index contributed by atoms with van der Waals surface area (Å²) in [7, 11) is -3.82. The molecule has 0 amide bonds. The number of sulfonamides is 1. The van der Waals surface area contributed by atoms with Crippen LogP contribution in [0, 0.1) is 23.0 Å². The average Bonchev–Trinajstić information content (AvgIpc) is 3.31. The van der Waals surface area contributed by atoms with E-state index in [9.17, 15) is 18.5 Å². The number of benzene rings is 3. The second kappa shape index (κ2) is 8.45. The fraction of sp³-hybridized carbons (Fsp3) is 0.200. The Balaban J connectivity index is 1.48. The number of nitro benzene ring substituents is 1. The molecule has 174 valence electrons. The maximum absolute atomic E-state index is 13.1. The molecule has 0 saturated heterocycles. The van der Waals surface area contributed by atoms with Gasteiger partial charge in [-0.15, -0.1) is 0 Å². The highest BCUT2D eigenvalue weighted by molar-refractivity contribution is 7.92. The van der Waals surface area contributed by atoms with Crippen molar-refractivity contribution in [2.45, 2.75) is 30.2 Å². The minimum absolute atomic E-state index is 0.00415. The molecule has 2 N–H and O–H groups in total. The van der Waals surface area contributed by atoms with Gasteiger partial charge in [0.05, 0.1) is 21.5 Å². The molecule has 3 aromatic carbocycles. The number of allylic oxidation sites excluding steroid dienone is 2.